The van der Waals surface area contributed by atoms with Crippen molar-refractivity contribution in [1.82, 2.24) is 4.98 Å². The number of hydrogen-bond donors (Lipinski definition) is 1. The smallest absolute Gasteiger partial charge is 0.337 e. The van der Waals surface area contributed by atoms with Crippen molar-refractivity contribution in [1.29, 1.82) is 0 Å². The number of pyridine rings is 1. The molecule has 1 aromatic heterocycles. The fraction of sp³-hybridized carbons (Fsp3) is 0.0938. The normalized spacial score (nSPS) is 11.2. The molecule has 0 bridgehead atoms. The molecule has 0 unspecified atom stereocenters. The number of esters is 1. The summed E-state index contributed by atoms with van der Waals surface area (Å²) in [5.74, 6) is -0.565. The maximum absolute atomic E-state index is 14.5. The minimum Gasteiger partial charge on any atom is -0.465 e. The molecule has 5 aromatic rings. The summed E-state index contributed by atoms with van der Waals surface area (Å²) in [6.07, 6.45) is 2.11. The van der Waals surface area contributed by atoms with Gasteiger partial charge in [0.25, 0.3) is 0 Å². The molecule has 37 heavy (non-hydrogen) atoms. The molecule has 0 aliphatic heterocycles. The zero-order valence-corrected chi connectivity index (χ0v) is 20.4. The van der Waals surface area contributed by atoms with Crippen molar-refractivity contribution >= 4 is 28.5 Å². The summed E-state index contributed by atoms with van der Waals surface area (Å²) >= 11 is 0. The molecular formula is C32H26N2O3. The van der Waals surface area contributed by atoms with Crippen LogP contribution in [0.3, 0.4) is 0 Å². The van der Waals surface area contributed by atoms with Gasteiger partial charge >= 0.3 is 5.97 Å². The van der Waals surface area contributed by atoms with E-state index in [1.165, 1.54) is 7.11 Å². The van der Waals surface area contributed by atoms with E-state index in [2.05, 4.69) is 10.3 Å². The molecule has 0 atom stereocenters. The van der Waals surface area contributed by atoms with Gasteiger partial charge in [0.1, 0.15) is 5.41 Å². The summed E-state index contributed by atoms with van der Waals surface area (Å²) < 4.78 is 4.85. The summed E-state index contributed by atoms with van der Waals surface area (Å²) in [6, 6.07) is 36.4. The average molecular weight is 487 g/mol. The lowest BCUT2D eigenvalue weighted by atomic mass is 9.69. The number of nitrogens with one attached hydrogen (secondary N) is 1. The van der Waals surface area contributed by atoms with Crippen LogP contribution < -0.4 is 5.32 Å². The molecule has 0 saturated carbocycles. The molecule has 1 amide bonds. The highest BCUT2D eigenvalue weighted by atomic mass is 16.5. The number of hydrogen-bond acceptors (Lipinski definition) is 4. The molecule has 4 aromatic carbocycles. The number of methoxy groups -OCH3 is 1. The van der Waals surface area contributed by atoms with E-state index in [0.29, 0.717) is 17.7 Å². The van der Waals surface area contributed by atoms with Crippen LogP contribution in [-0.4, -0.2) is 24.0 Å². The van der Waals surface area contributed by atoms with Gasteiger partial charge in [0.15, 0.2) is 0 Å². The zero-order chi connectivity index (χ0) is 25.7. The Morgan fingerprint density at radius 1 is 0.757 bits per heavy atom. The lowest BCUT2D eigenvalue weighted by molar-refractivity contribution is -0.120. The van der Waals surface area contributed by atoms with Crippen LogP contribution in [0.4, 0.5) is 5.69 Å². The Bertz CT molecular complexity index is 1490. The third kappa shape index (κ3) is 4.71. The van der Waals surface area contributed by atoms with Crippen molar-refractivity contribution in [2.24, 2.45) is 0 Å². The maximum Gasteiger partial charge on any atom is 0.337 e. The van der Waals surface area contributed by atoms with Crippen molar-refractivity contribution in [2.75, 3.05) is 12.4 Å². The molecule has 0 aliphatic carbocycles. The molecule has 5 rings (SSSR count). The molecule has 1 heterocycles. The molecule has 0 spiro atoms. The Morgan fingerprint density at radius 2 is 1.38 bits per heavy atom. The number of ether oxygens (including phenoxy) is 1. The number of anilines is 1. The first-order chi connectivity index (χ1) is 18.1. The van der Waals surface area contributed by atoms with E-state index < -0.39 is 11.4 Å². The van der Waals surface area contributed by atoms with Crippen molar-refractivity contribution < 1.29 is 14.3 Å². The predicted molar refractivity (Wildman–Crippen MR) is 146 cm³/mol. The van der Waals surface area contributed by atoms with Crippen LogP contribution in [-0.2, 0) is 21.4 Å². The van der Waals surface area contributed by atoms with Crippen LogP contribution in [0, 0.1) is 0 Å². The number of nitrogens with zero attached hydrogens (tertiary/aromatic N) is 1. The number of fused-ring (bicyclic) bond motifs is 1. The maximum atomic E-state index is 14.5. The van der Waals surface area contributed by atoms with Crippen LogP contribution in [0.25, 0.3) is 10.9 Å². The van der Waals surface area contributed by atoms with E-state index in [1.54, 1.807) is 18.3 Å². The second kappa shape index (κ2) is 10.5. The number of para-hydroxylation sites is 1. The molecule has 5 heteroatoms. The van der Waals surface area contributed by atoms with Gasteiger partial charge in [-0.15, -0.1) is 0 Å². The summed E-state index contributed by atoms with van der Waals surface area (Å²) in [7, 11) is 1.36. The average Bonchev–Trinajstić information content (AvgIpc) is 2.97. The standard InChI is InChI=1S/C32H26N2O3/c1-37-30(35)25-19-17-23(18-20-25)22-32(26-12-4-2-5-13-26,27-14-6-3-7-15-27)31(36)34-28-16-8-10-24-11-9-21-33-29(24)28/h2-21H,22H2,1H3,(H,34,36). The molecule has 5 nitrogen and oxygen atoms in total. The Labute approximate surface area is 215 Å². The second-order valence-electron chi connectivity index (χ2n) is 8.84. The van der Waals surface area contributed by atoms with E-state index in [-0.39, 0.29) is 5.91 Å². The van der Waals surface area contributed by atoms with E-state index in [9.17, 15) is 9.59 Å². The number of rotatable bonds is 7. The fourth-order valence-electron chi connectivity index (χ4n) is 4.78. The molecule has 0 fully saturated rings. The minimum atomic E-state index is -1.05. The predicted octanol–water partition coefficient (Wildman–Crippen LogP) is 6.19. The quantitative estimate of drug-likeness (QED) is 0.279. The van der Waals surface area contributed by atoms with E-state index in [0.717, 1.165) is 27.6 Å². The highest BCUT2D eigenvalue weighted by molar-refractivity contribution is 6.06. The molecule has 1 N–H and O–H groups in total. The number of carbonyl (C=O) groups is 2. The number of benzene rings is 4. The van der Waals surface area contributed by atoms with Gasteiger partial charge in [0.05, 0.1) is 23.9 Å². The molecule has 0 aliphatic rings. The first-order valence-corrected chi connectivity index (χ1v) is 12.1. The van der Waals surface area contributed by atoms with Crippen LogP contribution in [0.5, 0.6) is 0 Å². The van der Waals surface area contributed by atoms with Crippen molar-refractivity contribution in [3.63, 3.8) is 0 Å². The number of aromatic nitrogens is 1. The highest BCUT2D eigenvalue weighted by Gasteiger charge is 2.42. The SMILES string of the molecule is COC(=O)c1ccc(CC(C(=O)Nc2cccc3cccnc23)(c2ccccc2)c2ccccc2)cc1. The van der Waals surface area contributed by atoms with Gasteiger partial charge in [-0.3, -0.25) is 9.78 Å². The van der Waals surface area contributed by atoms with E-state index >= 15 is 0 Å². The summed E-state index contributed by atoms with van der Waals surface area (Å²) in [6.45, 7) is 0. The van der Waals surface area contributed by atoms with Gasteiger partial charge in [-0.05, 0) is 47.4 Å². The van der Waals surface area contributed by atoms with Crippen LogP contribution in [0.2, 0.25) is 0 Å². The van der Waals surface area contributed by atoms with Gasteiger partial charge in [-0.25, -0.2) is 4.79 Å². The molecular weight excluding hydrogens is 460 g/mol. The first kappa shape index (κ1) is 23.9. The van der Waals surface area contributed by atoms with Gasteiger partial charge in [0, 0.05) is 11.6 Å². The summed E-state index contributed by atoms with van der Waals surface area (Å²) in [5.41, 5.74) is 3.44. The topological polar surface area (TPSA) is 68.3 Å². The van der Waals surface area contributed by atoms with Gasteiger partial charge in [-0.2, -0.15) is 0 Å². The van der Waals surface area contributed by atoms with Crippen LogP contribution in [0.15, 0.2) is 121 Å². The Kier molecular flexibility index (Phi) is 6.77. The zero-order valence-electron chi connectivity index (χ0n) is 20.4. The fourth-order valence-corrected chi connectivity index (χ4v) is 4.78. The van der Waals surface area contributed by atoms with Gasteiger partial charge < -0.3 is 10.1 Å². The summed E-state index contributed by atoms with van der Waals surface area (Å²) in [5, 5.41) is 4.15. The molecule has 182 valence electrons. The number of amides is 1. The Hall–Kier alpha value is -4.77. The van der Waals surface area contributed by atoms with Crippen molar-refractivity contribution in [3.05, 3.63) is 144 Å². The van der Waals surface area contributed by atoms with Crippen molar-refractivity contribution in [2.45, 2.75) is 11.8 Å². The van der Waals surface area contributed by atoms with Crippen molar-refractivity contribution in [3.8, 4) is 0 Å². The summed E-state index contributed by atoms with van der Waals surface area (Å²) in [4.78, 5) is 31.0. The van der Waals surface area contributed by atoms with Crippen LogP contribution >= 0.6 is 0 Å². The van der Waals surface area contributed by atoms with Gasteiger partial charge in [-0.1, -0.05) is 91.0 Å². The Balaban J connectivity index is 1.65. The van der Waals surface area contributed by atoms with Gasteiger partial charge in [0.2, 0.25) is 5.91 Å². The minimum absolute atomic E-state index is 0.167. The number of carbonyl (C=O) groups excluding carboxylic acids is 2. The third-order valence-electron chi connectivity index (χ3n) is 6.65. The first-order valence-electron chi connectivity index (χ1n) is 12.1. The molecule has 0 radical (unpaired) electrons. The largest absolute Gasteiger partial charge is 0.465 e. The van der Waals surface area contributed by atoms with Crippen LogP contribution in [0.1, 0.15) is 27.0 Å². The molecule has 0 saturated heterocycles. The lowest BCUT2D eigenvalue weighted by Gasteiger charge is -2.34. The van der Waals surface area contributed by atoms with E-state index in [1.807, 2.05) is 103 Å². The lowest BCUT2D eigenvalue weighted by Crippen LogP contribution is -2.43. The second-order valence-corrected chi connectivity index (χ2v) is 8.84. The van der Waals surface area contributed by atoms with E-state index in [4.69, 9.17) is 4.74 Å². The monoisotopic (exact) mass is 486 g/mol. The highest BCUT2D eigenvalue weighted by Crippen LogP contribution is 2.38. The Morgan fingerprint density at radius 3 is 2.00 bits per heavy atom. The third-order valence-corrected chi connectivity index (χ3v) is 6.65.